The Hall–Kier alpha value is -3.06. The molecule has 2 aromatic heterocycles. The molecule has 1 unspecified atom stereocenters. The van der Waals surface area contributed by atoms with Crippen molar-refractivity contribution in [3.63, 3.8) is 0 Å². The number of aromatic nitrogens is 3. The number of para-hydroxylation sites is 1. The van der Waals surface area contributed by atoms with E-state index in [1.807, 2.05) is 0 Å². The van der Waals surface area contributed by atoms with Crippen molar-refractivity contribution < 1.29 is 38.1 Å². The number of hydrogen-bond donors (Lipinski definition) is 4. The van der Waals surface area contributed by atoms with E-state index >= 15 is 0 Å². The lowest BCUT2D eigenvalue weighted by Crippen LogP contribution is -2.44. The minimum atomic E-state index is -4.06. The molecule has 1 saturated heterocycles. The smallest absolute Gasteiger partial charge is 0.458 e. The molecule has 1 saturated carbocycles. The number of hydrogen-bond acceptors (Lipinski definition) is 11. The van der Waals surface area contributed by atoms with Crippen LogP contribution < -0.4 is 15.3 Å². The number of nitrogens with one attached hydrogen (secondary N) is 1. The summed E-state index contributed by atoms with van der Waals surface area (Å²) in [6.45, 7) is 1.12. The summed E-state index contributed by atoms with van der Waals surface area (Å²) >= 11 is 0. The highest BCUT2D eigenvalue weighted by Crippen LogP contribution is 2.48. The van der Waals surface area contributed by atoms with Crippen LogP contribution in [0.15, 0.2) is 48.8 Å². The highest BCUT2D eigenvalue weighted by molar-refractivity contribution is 7.52. The number of benzene rings is 1. The summed E-state index contributed by atoms with van der Waals surface area (Å²) < 4.78 is 38.3. The van der Waals surface area contributed by atoms with E-state index in [1.165, 1.54) is 10.8 Å². The number of fused-ring (bicyclic) bond motifs is 1. The van der Waals surface area contributed by atoms with E-state index in [4.69, 9.17) is 24.3 Å². The maximum atomic E-state index is 13.8. The number of aliphatic hydroxyl groups excluding tert-OH is 2. The Balaban J connectivity index is 1.25. The van der Waals surface area contributed by atoms with Crippen LogP contribution in [-0.2, 0) is 23.4 Å². The number of aliphatic hydroxyl groups is 2. The first kappa shape index (κ1) is 29.4. The van der Waals surface area contributed by atoms with Gasteiger partial charge in [0.1, 0.15) is 48.1 Å². The second-order valence-electron chi connectivity index (χ2n) is 10.6. The number of esters is 1. The summed E-state index contributed by atoms with van der Waals surface area (Å²) in [5, 5.41) is 28.8. The molecular weight excluding hydrogens is 553 g/mol. The van der Waals surface area contributed by atoms with Crippen molar-refractivity contribution in [1.29, 1.82) is 0 Å². The largest absolute Gasteiger partial charge is 0.464 e. The SMILES string of the molecule is C[C@]1(COP(=O)(NCCOC(=O)C2CCCCC2)Oc2ccccc2)O[C@@H](c2ccc3c(N)ncnn23)[C@H](O)[C@@H]1O. The average molecular weight is 590 g/mol. The zero-order valence-electron chi connectivity index (χ0n) is 22.8. The summed E-state index contributed by atoms with van der Waals surface area (Å²) in [5.41, 5.74) is 5.42. The van der Waals surface area contributed by atoms with Gasteiger partial charge in [0.2, 0.25) is 0 Å². The molecule has 1 aliphatic carbocycles. The third-order valence-corrected chi connectivity index (χ3v) is 9.07. The molecule has 5 rings (SSSR count). The van der Waals surface area contributed by atoms with E-state index in [2.05, 4.69) is 15.2 Å². The Kier molecular flexibility index (Phi) is 8.93. The standard InChI is InChI=1S/C27H36N5O8P/c1-27(24(34)22(33)23(39-27)20-12-13-21-25(28)29-17-30-32(20)21)16-38-41(36,40-19-10-6-3-7-11-19)31-14-15-37-26(35)18-8-4-2-5-9-18/h3,6-7,10-13,17-18,22-24,33-34H,2,4-5,8-9,14-16H2,1H3,(H,31,36)(H2,28,29,30)/t22-,23-,24-,27+,41?/m0/s1. The maximum absolute atomic E-state index is 13.8. The first-order valence-electron chi connectivity index (χ1n) is 13.7. The Labute approximate surface area is 237 Å². The van der Waals surface area contributed by atoms with Crippen LogP contribution >= 0.6 is 7.75 Å². The lowest BCUT2D eigenvalue weighted by molar-refractivity contribution is -0.149. The molecule has 222 valence electrons. The number of ether oxygens (including phenoxy) is 2. The molecule has 0 amide bonds. The van der Waals surface area contributed by atoms with Crippen molar-refractivity contribution in [2.24, 2.45) is 5.92 Å². The number of carbonyl (C=O) groups is 1. The van der Waals surface area contributed by atoms with Gasteiger partial charge in [-0.2, -0.15) is 5.10 Å². The fourth-order valence-corrected chi connectivity index (χ4v) is 6.63. The van der Waals surface area contributed by atoms with Crippen LogP contribution in [0.4, 0.5) is 5.82 Å². The van der Waals surface area contributed by atoms with E-state index in [9.17, 15) is 19.6 Å². The summed E-state index contributed by atoms with van der Waals surface area (Å²) in [6.07, 6.45) is 2.32. The second kappa shape index (κ2) is 12.4. The van der Waals surface area contributed by atoms with Gasteiger partial charge in [-0.1, -0.05) is 37.5 Å². The van der Waals surface area contributed by atoms with E-state index in [0.29, 0.717) is 11.2 Å². The number of rotatable bonds is 11. The van der Waals surface area contributed by atoms with Gasteiger partial charge < -0.3 is 29.9 Å². The molecule has 0 radical (unpaired) electrons. The highest BCUT2D eigenvalue weighted by Gasteiger charge is 2.53. The van der Waals surface area contributed by atoms with Crippen molar-refractivity contribution in [2.75, 3.05) is 25.5 Å². The predicted molar refractivity (Wildman–Crippen MR) is 148 cm³/mol. The minimum Gasteiger partial charge on any atom is -0.464 e. The highest BCUT2D eigenvalue weighted by atomic mass is 31.2. The molecule has 41 heavy (non-hydrogen) atoms. The molecule has 1 aliphatic heterocycles. The van der Waals surface area contributed by atoms with Gasteiger partial charge in [-0.05, 0) is 44.0 Å². The van der Waals surface area contributed by atoms with E-state index in [-0.39, 0.29) is 36.6 Å². The fraction of sp³-hybridized carbons (Fsp3) is 0.519. The summed E-state index contributed by atoms with van der Waals surface area (Å²) in [4.78, 5) is 16.3. The first-order valence-corrected chi connectivity index (χ1v) is 15.3. The third kappa shape index (κ3) is 6.56. The molecule has 0 spiro atoms. The summed E-state index contributed by atoms with van der Waals surface area (Å²) in [7, 11) is -4.06. The Bertz CT molecular complexity index is 1380. The number of nitrogens with zero attached hydrogens (tertiary/aromatic N) is 3. The van der Waals surface area contributed by atoms with Crippen LogP contribution in [0.3, 0.4) is 0 Å². The van der Waals surface area contributed by atoms with Gasteiger partial charge in [0, 0.05) is 6.54 Å². The minimum absolute atomic E-state index is 0.00518. The first-order chi connectivity index (χ1) is 19.7. The van der Waals surface area contributed by atoms with Crippen LogP contribution in [0.5, 0.6) is 5.75 Å². The number of nitrogens with two attached hydrogens (primary N) is 1. The lowest BCUT2D eigenvalue weighted by atomic mass is 9.89. The van der Waals surface area contributed by atoms with E-state index < -0.39 is 38.3 Å². The van der Waals surface area contributed by atoms with Crippen molar-refractivity contribution >= 4 is 25.1 Å². The molecular formula is C27H36N5O8P. The van der Waals surface area contributed by atoms with Gasteiger partial charge >= 0.3 is 13.7 Å². The van der Waals surface area contributed by atoms with Gasteiger partial charge in [0.15, 0.2) is 5.82 Å². The summed E-state index contributed by atoms with van der Waals surface area (Å²) in [6, 6.07) is 11.8. The topological polar surface area (TPSA) is 180 Å². The van der Waals surface area contributed by atoms with Gasteiger partial charge in [0.25, 0.3) is 0 Å². The van der Waals surface area contributed by atoms with Crippen molar-refractivity contribution in [1.82, 2.24) is 19.7 Å². The molecule has 13 nitrogen and oxygen atoms in total. The van der Waals surface area contributed by atoms with Gasteiger partial charge in [-0.3, -0.25) is 9.32 Å². The lowest BCUT2D eigenvalue weighted by Gasteiger charge is -2.29. The third-order valence-electron chi connectivity index (χ3n) is 7.54. The van der Waals surface area contributed by atoms with Gasteiger partial charge in [0.05, 0.1) is 18.2 Å². The molecule has 3 aromatic rings. The summed E-state index contributed by atoms with van der Waals surface area (Å²) in [5.74, 6) is 0.176. The zero-order valence-corrected chi connectivity index (χ0v) is 23.7. The molecule has 2 fully saturated rings. The van der Waals surface area contributed by atoms with Crippen LogP contribution in [0.25, 0.3) is 5.52 Å². The Morgan fingerprint density at radius 2 is 1.95 bits per heavy atom. The van der Waals surface area contributed by atoms with E-state index in [0.717, 1.165) is 32.1 Å². The fourth-order valence-electron chi connectivity index (χ4n) is 5.23. The van der Waals surface area contributed by atoms with Crippen LogP contribution in [0, 0.1) is 5.92 Å². The molecule has 1 aromatic carbocycles. The Morgan fingerprint density at radius 3 is 2.71 bits per heavy atom. The Morgan fingerprint density at radius 1 is 1.20 bits per heavy atom. The molecule has 14 heteroatoms. The molecule has 3 heterocycles. The molecule has 5 N–H and O–H groups in total. The monoisotopic (exact) mass is 589 g/mol. The van der Waals surface area contributed by atoms with Crippen molar-refractivity contribution in [3.8, 4) is 5.75 Å². The number of carbonyl (C=O) groups excluding carboxylic acids is 1. The number of nitrogen functional groups attached to an aromatic ring is 1. The second-order valence-corrected chi connectivity index (χ2v) is 12.3. The molecule has 5 atom stereocenters. The van der Waals surface area contributed by atoms with Crippen molar-refractivity contribution in [3.05, 3.63) is 54.5 Å². The van der Waals surface area contributed by atoms with E-state index in [1.54, 1.807) is 49.4 Å². The van der Waals surface area contributed by atoms with Crippen LogP contribution in [0.1, 0.15) is 50.8 Å². The van der Waals surface area contributed by atoms with Crippen molar-refractivity contribution in [2.45, 2.75) is 62.9 Å². The van der Waals surface area contributed by atoms with Gasteiger partial charge in [-0.25, -0.2) is 19.2 Å². The molecule has 0 bridgehead atoms. The maximum Gasteiger partial charge on any atom is 0.458 e. The number of anilines is 1. The van der Waals surface area contributed by atoms with Gasteiger partial charge in [-0.15, -0.1) is 0 Å². The molecule has 2 aliphatic rings. The van der Waals surface area contributed by atoms with Crippen LogP contribution in [-0.4, -0.2) is 68.3 Å². The zero-order chi connectivity index (χ0) is 29.0. The quantitative estimate of drug-likeness (QED) is 0.146. The predicted octanol–water partition coefficient (Wildman–Crippen LogP) is 2.78. The van der Waals surface area contributed by atoms with Crippen LogP contribution in [0.2, 0.25) is 0 Å². The average Bonchev–Trinajstić information content (AvgIpc) is 3.51. The normalized spacial score (nSPS) is 26.6.